The maximum absolute atomic E-state index is 5.62. The Morgan fingerprint density at radius 1 is 1.31 bits per heavy atom. The summed E-state index contributed by atoms with van der Waals surface area (Å²) in [6.07, 6.45) is 0.989. The summed E-state index contributed by atoms with van der Waals surface area (Å²) in [5, 5.41) is 3.96. The third-order valence-electron chi connectivity index (χ3n) is 2.64. The van der Waals surface area contributed by atoms with Gasteiger partial charge in [0.05, 0.1) is 0 Å². The zero-order valence-corrected chi connectivity index (χ0v) is 9.47. The summed E-state index contributed by atoms with van der Waals surface area (Å²) in [5.41, 5.74) is 7.27. The van der Waals surface area contributed by atoms with Crippen molar-refractivity contribution >= 4 is 5.69 Å². The van der Waals surface area contributed by atoms with Crippen LogP contribution in [0.4, 0.5) is 5.69 Å². The van der Waals surface area contributed by atoms with Crippen LogP contribution in [0.3, 0.4) is 0 Å². The molecule has 4 nitrogen and oxygen atoms in total. The third kappa shape index (κ3) is 2.05. The van der Waals surface area contributed by atoms with Gasteiger partial charge >= 0.3 is 0 Å². The second-order valence-corrected chi connectivity index (χ2v) is 3.89. The molecule has 84 valence electrons. The van der Waals surface area contributed by atoms with Crippen molar-refractivity contribution in [2.24, 2.45) is 0 Å². The van der Waals surface area contributed by atoms with Gasteiger partial charge in [-0.25, -0.2) is 0 Å². The maximum Gasteiger partial charge on any atom is 0.229 e. The van der Waals surface area contributed by atoms with Crippen molar-refractivity contribution in [3.8, 4) is 11.4 Å². The van der Waals surface area contributed by atoms with Crippen molar-refractivity contribution < 1.29 is 4.52 Å². The first kappa shape index (κ1) is 10.7. The van der Waals surface area contributed by atoms with Crippen LogP contribution in [0.25, 0.3) is 11.4 Å². The molecule has 0 fully saturated rings. The number of hydrogen-bond acceptors (Lipinski definition) is 4. The lowest BCUT2D eigenvalue weighted by Crippen LogP contribution is -1.91. The number of rotatable bonds is 3. The third-order valence-corrected chi connectivity index (χ3v) is 2.64. The van der Waals surface area contributed by atoms with Gasteiger partial charge in [0.2, 0.25) is 11.7 Å². The molecule has 16 heavy (non-hydrogen) atoms. The van der Waals surface area contributed by atoms with Crippen molar-refractivity contribution in [3.05, 3.63) is 30.2 Å². The second kappa shape index (κ2) is 4.35. The molecule has 1 unspecified atom stereocenters. The number of anilines is 1. The first-order valence-corrected chi connectivity index (χ1v) is 5.40. The van der Waals surface area contributed by atoms with Gasteiger partial charge < -0.3 is 10.3 Å². The number of nitrogens with two attached hydrogens (primary N) is 1. The SMILES string of the molecule is CCC(C)c1nc(-c2ccc(N)cc2)no1. The summed E-state index contributed by atoms with van der Waals surface area (Å²) in [5.74, 6) is 1.61. The van der Waals surface area contributed by atoms with E-state index in [1.165, 1.54) is 0 Å². The second-order valence-electron chi connectivity index (χ2n) is 3.89. The summed E-state index contributed by atoms with van der Waals surface area (Å²) in [4.78, 5) is 4.36. The van der Waals surface area contributed by atoms with Crippen LogP contribution < -0.4 is 5.73 Å². The molecule has 0 amide bonds. The smallest absolute Gasteiger partial charge is 0.229 e. The van der Waals surface area contributed by atoms with Crippen molar-refractivity contribution in [2.45, 2.75) is 26.2 Å². The molecule has 0 saturated heterocycles. The van der Waals surface area contributed by atoms with Crippen LogP contribution in [0.15, 0.2) is 28.8 Å². The summed E-state index contributed by atoms with van der Waals surface area (Å²) in [6.45, 7) is 4.16. The van der Waals surface area contributed by atoms with Crippen molar-refractivity contribution in [3.63, 3.8) is 0 Å². The average Bonchev–Trinajstić information content (AvgIpc) is 2.78. The van der Waals surface area contributed by atoms with E-state index in [0.717, 1.165) is 17.7 Å². The highest BCUT2D eigenvalue weighted by atomic mass is 16.5. The van der Waals surface area contributed by atoms with Crippen LogP contribution in [-0.2, 0) is 0 Å². The normalized spacial score (nSPS) is 12.6. The first-order valence-electron chi connectivity index (χ1n) is 5.40. The summed E-state index contributed by atoms with van der Waals surface area (Å²) >= 11 is 0. The van der Waals surface area contributed by atoms with E-state index in [-0.39, 0.29) is 0 Å². The van der Waals surface area contributed by atoms with Crippen LogP contribution in [0.2, 0.25) is 0 Å². The van der Waals surface area contributed by atoms with Crippen LogP contribution in [0.1, 0.15) is 32.1 Å². The van der Waals surface area contributed by atoms with E-state index in [4.69, 9.17) is 10.3 Å². The lowest BCUT2D eigenvalue weighted by atomic mass is 10.1. The molecule has 0 radical (unpaired) electrons. The van der Waals surface area contributed by atoms with Gasteiger partial charge in [-0.2, -0.15) is 4.98 Å². The summed E-state index contributed by atoms with van der Waals surface area (Å²) in [6, 6.07) is 7.43. The number of hydrogen-bond donors (Lipinski definition) is 1. The van der Waals surface area contributed by atoms with Gasteiger partial charge in [0.15, 0.2) is 0 Å². The Bertz CT molecular complexity index is 461. The molecule has 0 spiro atoms. The number of nitrogen functional groups attached to an aromatic ring is 1. The van der Waals surface area contributed by atoms with Crippen LogP contribution in [0.5, 0.6) is 0 Å². The lowest BCUT2D eigenvalue weighted by molar-refractivity contribution is 0.357. The van der Waals surface area contributed by atoms with E-state index < -0.39 is 0 Å². The molecule has 0 aliphatic heterocycles. The van der Waals surface area contributed by atoms with E-state index in [1.807, 2.05) is 24.3 Å². The molecule has 2 aromatic rings. The van der Waals surface area contributed by atoms with Crippen molar-refractivity contribution in [2.75, 3.05) is 5.73 Å². The molecule has 0 saturated carbocycles. The monoisotopic (exact) mass is 217 g/mol. The van der Waals surface area contributed by atoms with Crippen LogP contribution in [0, 0.1) is 0 Å². The molecule has 1 heterocycles. The van der Waals surface area contributed by atoms with E-state index in [9.17, 15) is 0 Å². The Hall–Kier alpha value is -1.84. The van der Waals surface area contributed by atoms with Gasteiger partial charge in [-0.15, -0.1) is 0 Å². The van der Waals surface area contributed by atoms with Gasteiger partial charge in [0.1, 0.15) is 0 Å². The molecule has 1 aromatic heterocycles. The molecular weight excluding hydrogens is 202 g/mol. The number of nitrogens with zero attached hydrogens (tertiary/aromatic N) is 2. The Morgan fingerprint density at radius 2 is 2.00 bits per heavy atom. The van der Waals surface area contributed by atoms with E-state index >= 15 is 0 Å². The molecule has 0 aliphatic rings. The highest BCUT2D eigenvalue weighted by Crippen LogP contribution is 2.21. The minimum absolute atomic E-state index is 0.301. The predicted molar refractivity (Wildman–Crippen MR) is 62.9 cm³/mol. The number of aromatic nitrogens is 2. The highest BCUT2D eigenvalue weighted by molar-refractivity contribution is 5.57. The maximum atomic E-state index is 5.62. The summed E-state index contributed by atoms with van der Waals surface area (Å²) in [7, 11) is 0. The fraction of sp³-hybridized carbons (Fsp3) is 0.333. The van der Waals surface area contributed by atoms with Crippen LogP contribution >= 0.6 is 0 Å². The minimum Gasteiger partial charge on any atom is -0.399 e. The zero-order chi connectivity index (χ0) is 11.5. The fourth-order valence-corrected chi connectivity index (χ4v) is 1.36. The molecule has 2 rings (SSSR count). The Morgan fingerprint density at radius 3 is 2.62 bits per heavy atom. The molecule has 1 atom stereocenters. The van der Waals surface area contributed by atoms with E-state index in [1.54, 1.807) is 0 Å². The lowest BCUT2D eigenvalue weighted by Gasteiger charge is -1.98. The van der Waals surface area contributed by atoms with Crippen LogP contribution in [-0.4, -0.2) is 10.1 Å². The predicted octanol–water partition coefficient (Wildman–Crippen LogP) is 2.83. The standard InChI is InChI=1S/C12H15N3O/c1-3-8(2)12-14-11(15-16-12)9-4-6-10(13)7-5-9/h4-8H,3,13H2,1-2H3. The summed E-state index contributed by atoms with van der Waals surface area (Å²) < 4.78 is 5.21. The van der Waals surface area contributed by atoms with Gasteiger partial charge in [-0.3, -0.25) is 0 Å². The molecule has 1 aromatic carbocycles. The van der Waals surface area contributed by atoms with Gasteiger partial charge in [-0.1, -0.05) is 19.0 Å². The van der Waals surface area contributed by atoms with Gasteiger partial charge in [-0.05, 0) is 30.7 Å². The molecular formula is C12H15N3O. The molecule has 4 heteroatoms. The molecule has 2 N–H and O–H groups in total. The topological polar surface area (TPSA) is 64.9 Å². The van der Waals surface area contributed by atoms with Gasteiger partial charge in [0, 0.05) is 17.2 Å². The average molecular weight is 217 g/mol. The first-order chi connectivity index (χ1) is 7.70. The Labute approximate surface area is 94.5 Å². The largest absolute Gasteiger partial charge is 0.399 e. The minimum atomic E-state index is 0.301. The zero-order valence-electron chi connectivity index (χ0n) is 9.47. The quantitative estimate of drug-likeness (QED) is 0.803. The van der Waals surface area contributed by atoms with E-state index in [2.05, 4.69) is 24.0 Å². The van der Waals surface area contributed by atoms with Crippen molar-refractivity contribution in [1.29, 1.82) is 0 Å². The molecule has 0 aliphatic carbocycles. The van der Waals surface area contributed by atoms with Gasteiger partial charge in [0.25, 0.3) is 0 Å². The number of benzene rings is 1. The fourth-order valence-electron chi connectivity index (χ4n) is 1.36. The van der Waals surface area contributed by atoms with Crippen molar-refractivity contribution in [1.82, 2.24) is 10.1 Å². The van der Waals surface area contributed by atoms with E-state index in [0.29, 0.717) is 17.6 Å². The Balaban J connectivity index is 2.28. The molecule has 0 bridgehead atoms. The highest BCUT2D eigenvalue weighted by Gasteiger charge is 2.13. The Kier molecular flexibility index (Phi) is 2.90.